The van der Waals surface area contributed by atoms with Gasteiger partial charge in [-0.15, -0.1) is 5.10 Å². The van der Waals surface area contributed by atoms with E-state index in [9.17, 15) is 4.79 Å². The van der Waals surface area contributed by atoms with Crippen molar-refractivity contribution in [1.29, 1.82) is 0 Å². The molecule has 0 radical (unpaired) electrons. The Balaban J connectivity index is 3.00. The first-order valence-corrected chi connectivity index (χ1v) is 5.22. The molecule has 0 saturated heterocycles. The quantitative estimate of drug-likeness (QED) is 0.710. The van der Waals surface area contributed by atoms with E-state index >= 15 is 0 Å². The standard InChI is InChI=1S/C10H17N3O2/c1-5-8-9(10(14)15-6-2)12-13(11-8)7(3)4/h7H,5-6H2,1-4H3. The topological polar surface area (TPSA) is 57.0 Å². The van der Waals surface area contributed by atoms with Gasteiger partial charge in [-0.2, -0.15) is 9.90 Å². The number of carbonyl (C=O) groups is 1. The van der Waals surface area contributed by atoms with E-state index in [1.807, 2.05) is 20.8 Å². The first-order chi connectivity index (χ1) is 7.10. The number of ether oxygens (including phenoxy) is 1. The first-order valence-electron chi connectivity index (χ1n) is 5.22. The lowest BCUT2D eigenvalue weighted by molar-refractivity contribution is 0.0517. The molecule has 1 rings (SSSR count). The zero-order valence-corrected chi connectivity index (χ0v) is 9.65. The SMILES string of the molecule is CCOC(=O)c1nn(C(C)C)nc1CC. The minimum Gasteiger partial charge on any atom is -0.461 e. The maximum absolute atomic E-state index is 11.5. The monoisotopic (exact) mass is 211 g/mol. The Kier molecular flexibility index (Phi) is 3.82. The van der Waals surface area contributed by atoms with Crippen LogP contribution >= 0.6 is 0 Å². The Morgan fingerprint density at radius 1 is 1.40 bits per heavy atom. The fraction of sp³-hybridized carbons (Fsp3) is 0.700. The van der Waals surface area contributed by atoms with Gasteiger partial charge >= 0.3 is 5.97 Å². The molecule has 0 unspecified atom stereocenters. The van der Waals surface area contributed by atoms with Crippen LogP contribution in [0.2, 0.25) is 0 Å². The van der Waals surface area contributed by atoms with E-state index in [0.29, 0.717) is 24.4 Å². The fourth-order valence-corrected chi connectivity index (χ4v) is 1.18. The highest BCUT2D eigenvalue weighted by atomic mass is 16.5. The van der Waals surface area contributed by atoms with Crippen molar-refractivity contribution in [3.05, 3.63) is 11.4 Å². The number of aromatic nitrogens is 3. The summed E-state index contributed by atoms with van der Waals surface area (Å²) < 4.78 is 4.91. The van der Waals surface area contributed by atoms with Gasteiger partial charge in [0.2, 0.25) is 0 Å². The molecule has 1 aromatic heterocycles. The first kappa shape index (κ1) is 11.7. The van der Waals surface area contributed by atoms with Crippen molar-refractivity contribution in [3.63, 3.8) is 0 Å². The number of hydrogen-bond donors (Lipinski definition) is 0. The number of carbonyl (C=O) groups excluding carboxylic acids is 1. The van der Waals surface area contributed by atoms with Crippen LogP contribution < -0.4 is 0 Å². The molecule has 5 heteroatoms. The van der Waals surface area contributed by atoms with Crippen LogP contribution in [0, 0.1) is 0 Å². The van der Waals surface area contributed by atoms with Gasteiger partial charge in [-0.1, -0.05) is 6.92 Å². The van der Waals surface area contributed by atoms with Crippen molar-refractivity contribution in [1.82, 2.24) is 15.0 Å². The molecule has 84 valence electrons. The molecular formula is C10H17N3O2. The highest BCUT2D eigenvalue weighted by Crippen LogP contribution is 2.09. The third kappa shape index (κ3) is 2.55. The van der Waals surface area contributed by atoms with Gasteiger partial charge in [0.25, 0.3) is 0 Å². The van der Waals surface area contributed by atoms with Gasteiger partial charge in [0.05, 0.1) is 18.3 Å². The van der Waals surface area contributed by atoms with Crippen LogP contribution in [0.3, 0.4) is 0 Å². The molecule has 15 heavy (non-hydrogen) atoms. The van der Waals surface area contributed by atoms with E-state index in [-0.39, 0.29) is 12.0 Å². The molecule has 0 amide bonds. The lowest BCUT2D eigenvalue weighted by atomic mass is 10.3. The Bertz CT molecular complexity index is 344. The second kappa shape index (κ2) is 4.91. The maximum atomic E-state index is 11.5. The summed E-state index contributed by atoms with van der Waals surface area (Å²) in [6.45, 7) is 8.01. The highest BCUT2D eigenvalue weighted by molar-refractivity contribution is 5.88. The van der Waals surface area contributed by atoms with Crippen LogP contribution in [-0.2, 0) is 11.2 Å². The smallest absolute Gasteiger partial charge is 0.360 e. The van der Waals surface area contributed by atoms with Crippen LogP contribution in [-0.4, -0.2) is 27.6 Å². The zero-order valence-electron chi connectivity index (χ0n) is 9.65. The minimum absolute atomic E-state index is 0.151. The molecule has 0 bridgehead atoms. The Morgan fingerprint density at radius 2 is 2.07 bits per heavy atom. The lowest BCUT2D eigenvalue weighted by Gasteiger charge is -2.00. The average molecular weight is 211 g/mol. The lowest BCUT2D eigenvalue weighted by Crippen LogP contribution is -2.09. The van der Waals surface area contributed by atoms with Gasteiger partial charge in [-0.25, -0.2) is 4.79 Å². The number of aryl methyl sites for hydroxylation is 1. The number of hydrogen-bond acceptors (Lipinski definition) is 4. The number of rotatable bonds is 4. The molecule has 0 fully saturated rings. The van der Waals surface area contributed by atoms with E-state index in [1.165, 1.54) is 0 Å². The largest absolute Gasteiger partial charge is 0.461 e. The van der Waals surface area contributed by atoms with Crippen molar-refractivity contribution >= 4 is 5.97 Å². The Labute approximate surface area is 89.4 Å². The molecule has 1 heterocycles. The van der Waals surface area contributed by atoms with Gasteiger partial charge in [0.15, 0.2) is 5.69 Å². The van der Waals surface area contributed by atoms with Crippen molar-refractivity contribution in [2.75, 3.05) is 6.61 Å². The van der Waals surface area contributed by atoms with Gasteiger partial charge in [-0.3, -0.25) is 0 Å². The molecule has 0 aromatic carbocycles. The summed E-state index contributed by atoms with van der Waals surface area (Å²) in [5, 5.41) is 8.37. The molecule has 0 spiro atoms. The second-order valence-corrected chi connectivity index (χ2v) is 3.48. The molecular weight excluding hydrogens is 194 g/mol. The summed E-state index contributed by atoms with van der Waals surface area (Å²) in [5.41, 5.74) is 1.04. The van der Waals surface area contributed by atoms with E-state index in [2.05, 4.69) is 10.2 Å². The predicted octanol–water partition coefficient (Wildman–Crippen LogP) is 1.60. The summed E-state index contributed by atoms with van der Waals surface area (Å²) in [6.07, 6.45) is 0.681. The Hall–Kier alpha value is -1.39. The van der Waals surface area contributed by atoms with E-state index in [1.54, 1.807) is 11.7 Å². The molecule has 0 aliphatic heterocycles. The third-order valence-corrected chi connectivity index (χ3v) is 1.96. The summed E-state index contributed by atoms with van der Waals surface area (Å²) >= 11 is 0. The van der Waals surface area contributed by atoms with Crippen LogP contribution in [0.1, 0.15) is 49.9 Å². The molecule has 1 aromatic rings. The van der Waals surface area contributed by atoms with E-state index in [4.69, 9.17) is 4.74 Å². The summed E-state index contributed by atoms with van der Waals surface area (Å²) in [6, 6.07) is 0.151. The Morgan fingerprint density at radius 3 is 2.53 bits per heavy atom. The van der Waals surface area contributed by atoms with Gasteiger partial charge in [-0.05, 0) is 27.2 Å². The molecule has 0 atom stereocenters. The van der Waals surface area contributed by atoms with Crippen molar-refractivity contribution in [2.45, 2.75) is 40.2 Å². The van der Waals surface area contributed by atoms with E-state index < -0.39 is 0 Å². The minimum atomic E-state index is -0.388. The van der Waals surface area contributed by atoms with Crippen molar-refractivity contribution < 1.29 is 9.53 Å². The third-order valence-electron chi connectivity index (χ3n) is 1.96. The molecule has 5 nitrogen and oxygen atoms in total. The molecule has 0 saturated carbocycles. The van der Waals surface area contributed by atoms with Gasteiger partial charge in [0, 0.05) is 0 Å². The summed E-state index contributed by atoms with van der Waals surface area (Å²) in [4.78, 5) is 13.1. The van der Waals surface area contributed by atoms with Gasteiger partial charge in [0.1, 0.15) is 0 Å². The molecule has 0 N–H and O–H groups in total. The normalized spacial score (nSPS) is 10.7. The summed E-state index contributed by atoms with van der Waals surface area (Å²) in [7, 11) is 0. The number of nitrogens with zero attached hydrogens (tertiary/aromatic N) is 3. The van der Waals surface area contributed by atoms with Crippen LogP contribution in [0.5, 0.6) is 0 Å². The van der Waals surface area contributed by atoms with Crippen LogP contribution in [0.4, 0.5) is 0 Å². The second-order valence-electron chi connectivity index (χ2n) is 3.48. The number of esters is 1. The summed E-state index contributed by atoms with van der Waals surface area (Å²) in [5.74, 6) is -0.388. The van der Waals surface area contributed by atoms with Crippen LogP contribution in [0.15, 0.2) is 0 Å². The van der Waals surface area contributed by atoms with Crippen molar-refractivity contribution in [3.8, 4) is 0 Å². The predicted molar refractivity (Wildman–Crippen MR) is 55.7 cm³/mol. The molecule has 0 aliphatic carbocycles. The van der Waals surface area contributed by atoms with Gasteiger partial charge < -0.3 is 4.74 Å². The fourth-order valence-electron chi connectivity index (χ4n) is 1.18. The molecule has 0 aliphatic rings. The van der Waals surface area contributed by atoms with Crippen LogP contribution in [0.25, 0.3) is 0 Å². The maximum Gasteiger partial charge on any atom is 0.360 e. The zero-order chi connectivity index (χ0) is 11.4. The average Bonchev–Trinajstić information content (AvgIpc) is 2.61. The van der Waals surface area contributed by atoms with Crippen molar-refractivity contribution in [2.24, 2.45) is 0 Å². The van der Waals surface area contributed by atoms with E-state index in [0.717, 1.165) is 0 Å². The highest BCUT2D eigenvalue weighted by Gasteiger charge is 2.19.